The predicted octanol–water partition coefficient (Wildman–Crippen LogP) is 5.74. The van der Waals surface area contributed by atoms with E-state index in [0.717, 1.165) is 19.3 Å². The Morgan fingerprint density at radius 1 is 0.842 bits per heavy atom. The van der Waals surface area contributed by atoms with E-state index in [4.69, 9.17) is 0 Å². The molecule has 0 fully saturated rings. The molecule has 0 spiro atoms. The van der Waals surface area contributed by atoms with E-state index in [9.17, 15) is 0 Å². The van der Waals surface area contributed by atoms with Crippen LogP contribution in [0.15, 0.2) is 24.4 Å². The average molecular weight is 304 g/mol. The molecule has 2 heteroatoms. The van der Waals surface area contributed by atoms with Gasteiger partial charge in [-0.3, -0.25) is 0 Å². The van der Waals surface area contributed by atoms with Crippen molar-refractivity contribution in [3.05, 3.63) is 51.4 Å². The molecule has 1 rings (SSSR count). The quantitative estimate of drug-likeness (QED) is 0.512. The van der Waals surface area contributed by atoms with Crippen LogP contribution < -0.4 is 0 Å². The molecule has 0 N–H and O–H groups in total. The maximum absolute atomic E-state index is 3.66. The van der Waals surface area contributed by atoms with Crippen LogP contribution in [-0.2, 0) is 17.1 Å². The van der Waals surface area contributed by atoms with E-state index in [1.54, 1.807) is 12.3 Å². The fraction of sp³-hybridized carbons (Fsp3) is 0.529. The first-order valence-corrected chi connectivity index (χ1v) is 6.89. The third-order valence-electron chi connectivity index (χ3n) is 1.58. The summed E-state index contributed by atoms with van der Waals surface area (Å²) in [6, 6.07) is 5.50. The van der Waals surface area contributed by atoms with Crippen LogP contribution in [0.3, 0.4) is 0 Å². The first kappa shape index (κ1) is 27.1. The van der Waals surface area contributed by atoms with Gasteiger partial charge < -0.3 is 25.8 Å². The molecule has 0 unspecified atom stereocenters. The van der Waals surface area contributed by atoms with Gasteiger partial charge in [0.1, 0.15) is 0 Å². The fourth-order valence-corrected chi connectivity index (χ4v) is 0.277. The zero-order chi connectivity index (χ0) is 14.5. The molecule has 1 nitrogen and oxygen atoms in total. The molecule has 0 amide bonds. The van der Waals surface area contributed by atoms with Gasteiger partial charge in [0.05, 0.1) is 0 Å². The number of rotatable bonds is 3. The third kappa shape index (κ3) is 57.7. The molecule has 1 aromatic rings. The van der Waals surface area contributed by atoms with Gasteiger partial charge in [-0.25, -0.2) is 0 Å². The van der Waals surface area contributed by atoms with Crippen molar-refractivity contribution in [1.29, 1.82) is 0 Å². The van der Waals surface area contributed by atoms with Crippen molar-refractivity contribution in [2.45, 2.75) is 59.3 Å². The van der Waals surface area contributed by atoms with Crippen molar-refractivity contribution in [2.75, 3.05) is 0 Å². The summed E-state index contributed by atoms with van der Waals surface area (Å²) in [5.41, 5.74) is 0. The van der Waals surface area contributed by atoms with Crippen LogP contribution in [-0.4, -0.2) is 4.98 Å². The van der Waals surface area contributed by atoms with E-state index in [-0.39, 0.29) is 17.1 Å². The van der Waals surface area contributed by atoms with Gasteiger partial charge in [-0.05, 0) is 0 Å². The third-order valence-corrected chi connectivity index (χ3v) is 1.58. The van der Waals surface area contributed by atoms with Crippen LogP contribution in [0.5, 0.6) is 0 Å². The molecule has 0 bridgehead atoms. The SMILES string of the molecule is [CH2-]CCC.[CH2-]CCC.[CH2-]CCC.[Mn].[c-]1ccccn1. The maximum Gasteiger partial charge on any atom is 0 e. The molecule has 19 heavy (non-hydrogen) atoms. The van der Waals surface area contributed by atoms with Gasteiger partial charge in [-0.1, -0.05) is 52.4 Å². The number of pyridine rings is 1. The topological polar surface area (TPSA) is 12.9 Å². The van der Waals surface area contributed by atoms with E-state index in [1.807, 2.05) is 12.1 Å². The Hall–Kier alpha value is -0.331. The summed E-state index contributed by atoms with van der Waals surface area (Å²) in [7, 11) is 0. The van der Waals surface area contributed by atoms with Crippen molar-refractivity contribution in [1.82, 2.24) is 4.98 Å². The minimum absolute atomic E-state index is 0. The minimum Gasteiger partial charge on any atom is -0.394 e. The Labute approximate surface area is 133 Å². The summed E-state index contributed by atoms with van der Waals surface area (Å²) in [6.07, 6.45) is 11.2. The molecule has 1 heterocycles. The number of unbranched alkanes of at least 4 members (excludes halogenated alkanes) is 3. The summed E-state index contributed by atoms with van der Waals surface area (Å²) in [4.78, 5) is 3.66. The summed E-state index contributed by atoms with van der Waals surface area (Å²) in [5, 5.41) is 0. The normalized spacial score (nSPS) is 7.26. The number of hydrogen-bond donors (Lipinski definition) is 0. The fourth-order valence-electron chi connectivity index (χ4n) is 0.277. The zero-order valence-electron chi connectivity index (χ0n) is 13.0. The van der Waals surface area contributed by atoms with Crippen LogP contribution in [0.25, 0.3) is 0 Å². The van der Waals surface area contributed by atoms with Crippen molar-refractivity contribution in [3.63, 3.8) is 0 Å². The number of hydrogen-bond acceptors (Lipinski definition) is 1. The van der Waals surface area contributed by atoms with Crippen molar-refractivity contribution < 1.29 is 17.1 Å². The first-order chi connectivity index (χ1) is 8.74. The van der Waals surface area contributed by atoms with Crippen LogP contribution in [0, 0.1) is 27.0 Å². The van der Waals surface area contributed by atoms with Crippen molar-refractivity contribution in [3.8, 4) is 0 Å². The van der Waals surface area contributed by atoms with Crippen LogP contribution in [0.2, 0.25) is 0 Å². The minimum atomic E-state index is 0. The Morgan fingerprint density at radius 2 is 1.21 bits per heavy atom. The summed E-state index contributed by atoms with van der Waals surface area (Å²) in [5.74, 6) is 0. The second-order valence-electron chi connectivity index (χ2n) is 3.52. The summed E-state index contributed by atoms with van der Waals surface area (Å²) < 4.78 is 0. The molecular weight excluding hydrogens is 273 g/mol. The zero-order valence-corrected chi connectivity index (χ0v) is 14.2. The second kappa shape index (κ2) is 36.1. The van der Waals surface area contributed by atoms with Crippen molar-refractivity contribution >= 4 is 0 Å². The molecule has 0 aliphatic rings. The van der Waals surface area contributed by atoms with Crippen molar-refractivity contribution in [2.24, 2.45) is 0 Å². The Morgan fingerprint density at radius 3 is 1.26 bits per heavy atom. The van der Waals surface area contributed by atoms with E-state index in [1.165, 1.54) is 19.3 Å². The van der Waals surface area contributed by atoms with E-state index in [0.29, 0.717) is 0 Å². The van der Waals surface area contributed by atoms with Gasteiger partial charge in [0.15, 0.2) is 0 Å². The molecule has 0 saturated carbocycles. The maximum atomic E-state index is 3.66. The van der Waals surface area contributed by atoms with Gasteiger partial charge in [-0.15, -0.1) is 0 Å². The monoisotopic (exact) mass is 304 g/mol. The molecule has 0 saturated heterocycles. The van der Waals surface area contributed by atoms with Crippen LogP contribution in [0.4, 0.5) is 0 Å². The Balaban J connectivity index is -0.0000000796. The Bertz CT molecular complexity index is 136. The molecule has 0 atom stereocenters. The van der Waals surface area contributed by atoms with E-state index >= 15 is 0 Å². The average Bonchev–Trinajstić information content (AvgIpc) is 2.49. The molecule has 0 aliphatic carbocycles. The van der Waals surface area contributed by atoms with Crippen LogP contribution >= 0.6 is 0 Å². The molecular formula is C17H31MnN-4. The summed E-state index contributed by atoms with van der Waals surface area (Å²) >= 11 is 0. The molecule has 1 radical (unpaired) electrons. The smallest absolute Gasteiger partial charge is 0 e. The van der Waals surface area contributed by atoms with E-state index in [2.05, 4.69) is 52.7 Å². The second-order valence-corrected chi connectivity index (χ2v) is 3.52. The molecule has 0 aromatic carbocycles. The van der Waals surface area contributed by atoms with E-state index < -0.39 is 0 Å². The van der Waals surface area contributed by atoms with Gasteiger partial charge in [0.2, 0.25) is 0 Å². The Kier molecular flexibility index (Phi) is 51.4. The largest absolute Gasteiger partial charge is 0.394 e. The number of aromatic nitrogens is 1. The summed E-state index contributed by atoms with van der Waals surface area (Å²) in [6.45, 7) is 17.2. The van der Waals surface area contributed by atoms with Gasteiger partial charge in [0, 0.05) is 17.1 Å². The van der Waals surface area contributed by atoms with Gasteiger partial charge in [-0.2, -0.15) is 37.5 Å². The standard InChI is InChI=1S/C5H4N.3C4H9.Mn/c1-2-4-6-5-3-1;3*1-3-4-2;/h1-4H;3*1,3-4H2,2H3;/q4*-1;. The number of nitrogens with zero attached hydrogens (tertiary/aromatic N) is 1. The molecule has 115 valence electrons. The molecule has 1 aromatic heterocycles. The first-order valence-electron chi connectivity index (χ1n) is 6.89. The predicted molar refractivity (Wildman–Crippen MR) is 83.9 cm³/mol. The van der Waals surface area contributed by atoms with Gasteiger partial charge >= 0.3 is 0 Å². The van der Waals surface area contributed by atoms with Gasteiger partial charge in [0.25, 0.3) is 0 Å². The van der Waals surface area contributed by atoms with Crippen LogP contribution in [0.1, 0.15) is 59.3 Å². The molecule has 0 aliphatic heterocycles.